The van der Waals surface area contributed by atoms with Gasteiger partial charge in [-0.3, -0.25) is 0 Å². The molecule has 3 nitrogen and oxygen atoms in total. The number of hydrogen-bond acceptors (Lipinski definition) is 3. The van der Waals surface area contributed by atoms with Crippen LogP contribution >= 0.6 is 0 Å². The molecule has 0 saturated heterocycles. The molecule has 0 aliphatic carbocycles. The summed E-state index contributed by atoms with van der Waals surface area (Å²) in [4.78, 5) is 0. The standard InChI is InChI=1S/C14H23NO2/c1-4-7-13(16-3)14(15)11-8-6-9-12(10-11)17-5-2/h6,8-10,13-14H,4-5,7,15H2,1-3H3. The number of ether oxygens (including phenoxy) is 2. The van der Waals surface area contributed by atoms with Crippen molar-refractivity contribution in [2.45, 2.75) is 38.8 Å². The third-order valence-corrected chi connectivity index (χ3v) is 2.83. The minimum absolute atomic E-state index is 0.0666. The number of hydrogen-bond donors (Lipinski definition) is 1. The quantitative estimate of drug-likeness (QED) is 0.793. The highest BCUT2D eigenvalue weighted by atomic mass is 16.5. The minimum Gasteiger partial charge on any atom is -0.494 e. The lowest BCUT2D eigenvalue weighted by atomic mass is 9.99. The number of nitrogens with two attached hydrogens (primary N) is 1. The van der Waals surface area contributed by atoms with Crippen LogP contribution in [0, 0.1) is 0 Å². The molecule has 0 aliphatic rings. The number of rotatable bonds is 7. The third-order valence-electron chi connectivity index (χ3n) is 2.83. The van der Waals surface area contributed by atoms with Gasteiger partial charge in [-0.2, -0.15) is 0 Å². The molecular weight excluding hydrogens is 214 g/mol. The van der Waals surface area contributed by atoms with E-state index < -0.39 is 0 Å². The molecule has 0 aliphatic heterocycles. The van der Waals surface area contributed by atoms with Crippen molar-refractivity contribution in [1.82, 2.24) is 0 Å². The maximum absolute atomic E-state index is 6.22. The van der Waals surface area contributed by atoms with Crippen molar-refractivity contribution in [3.05, 3.63) is 29.8 Å². The molecular formula is C14H23NO2. The van der Waals surface area contributed by atoms with Gasteiger partial charge in [0.25, 0.3) is 0 Å². The Hall–Kier alpha value is -1.06. The van der Waals surface area contributed by atoms with Gasteiger partial charge in [0.1, 0.15) is 5.75 Å². The minimum atomic E-state index is -0.0969. The smallest absolute Gasteiger partial charge is 0.119 e. The van der Waals surface area contributed by atoms with E-state index in [0.29, 0.717) is 6.61 Å². The predicted molar refractivity (Wildman–Crippen MR) is 70.2 cm³/mol. The predicted octanol–water partition coefficient (Wildman–Crippen LogP) is 2.90. The van der Waals surface area contributed by atoms with Gasteiger partial charge in [-0.25, -0.2) is 0 Å². The van der Waals surface area contributed by atoms with Crippen molar-refractivity contribution in [1.29, 1.82) is 0 Å². The summed E-state index contributed by atoms with van der Waals surface area (Å²) in [5.41, 5.74) is 7.29. The average molecular weight is 237 g/mol. The van der Waals surface area contributed by atoms with E-state index in [1.54, 1.807) is 7.11 Å². The molecule has 96 valence electrons. The summed E-state index contributed by atoms with van der Waals surface area (Å²) in [6.07, 6.45) is 2.10. The maximum atomic E-state index is 6.22. The van der Waals surface area contributed by atoms with Gasteiger partial charge in [-0.1, -0.05) is 25.5 Å². The second-order valence-electron chi connectivity index (χ2n) is 4.09. The zero-order valence-corrected chi connectivity index (χ0v) is 11.0. The number of methoxy groups -OCH3 is 1. The Labute approximate surface area is 104 Å². The molecule has 0 amide bonds. The summed E-state index contributed by atoms with van der Waals surface area (Å²) in [5.74, 6) is 0.867. The van der Waals surface area contributed by atoms with Crippen molar-refractivity contribution in [3.63, 3.8) is 0 Å². The highest BCUT2D eigenvalue weighted by molar-refractivity contribution is 5.31. The van der Waals surface area contributed by atoms with Gasteiger partial charge in [-0.05, 0) is 31.0 Å². The molecule has 1 aromatic rings. The Balaban J connectivity index is 2.79. The van der Waals surface area contributed by atoms with E-state index in [0.717, 1.165) is 24.2 Å². The van der Waals surface area contributed by atoms with Crippen molar-refractivity contribution in [2.24, 2.45) is 5.73 Å². The molecule has 0 saturated carbocycles. The molecule has 0 spiro atoms. The average Bonchev–Trinajstić information content (AvgIpc) is 2.36. The van der Waals surface area contributed by atoms with Crippen LogP contribution in [0.3, 0.4) is 0 Å². The van der Waals surface area contributed by atoms with E-state index in [4.69, 9.17) is 15.2 Å². The first kappa shape index (κ1) is 14.0. The summed E-state index contributed by atoms with van der Waals surface area (Å²) in [6.45, 7) is 4.78. The van der Waals surface area contributed by atoms with E-state index in [1.165, 1.54) is 0 Å². The van der Waals surface area contributed by atoms with E-state index in [-0.39, 0.29) is 12.1 Å². The summed E-state index contributed by atoms with van der Waals surface area (Å²) in [5, 5.41) is 0. The molecule has 0 heterocycles. The van der Waals surface area contributed by atoms with E-state index in [1.807, 2.05) is 31.2 Å². The van der Waals surface area contributed by atoms with Gasteiger partial charge < -0.3 is 15.2 Å². The Morgan fingerprint density at radius 2 is 2.06 bits per heavy atom. The van der Waals surface area contributed by atoms with Gasteiger partial charge in [0.2, 0.25) is 0 Å². The van der Waals surface area contributed by atoms with Crippen molar-refractivity contribution in [3.8, 4) is 5.75 Å². The molecule has 17 heavy (non-hydrogen) atoms. The van der Waals surface area contributed by atoms with Crippen LogP contribution in [0.2, 0.25) is 0 Å². The Kier molecular flexibility index (Phi) is 6.01. The van der Waals surface area contributed by atoms with Crippen LogP contribution in [0.4, 0.5) is 0 Å². The summed E-state index contributed by atoms with van der Waals surface area (Å²) in [6, 6.07) is 7.84. The highest BCUT2D eigenvalue weighted by Gasteiger charge is 2.18. The molecule has 0 fully saturated rings. The van der Waals surface area contributed by atoms with Gasteiger partial charge in [-0.15, -0.1) is 0 Å². The first-order chi connectivity index (χ1) is 8.22. The van der Waals surface area contributed by atoms with Crippen LogP contribution in [0.15, 0.2) is 24.3 Å². The zero-order valence-electron chi connectivity index (χ0n) is 11.0. The molecule has 0 radical (unpaired) electrons. The van der Waals surface area contributed by atoms with Crippen LogP contribution in [-0.2, 0) is 4.74 Å². The Bertz CT molecular complexity index is 328. The molecule has 3 heteroatoms. The first-order valence-electron chi connectivity index (χ1n) is 6.24. The fourth-order valence-corrected chi connectivity index (χ4v) is 1.92. The Morgan fingerprint density at radius 1 is 1.29 bits per heavy atom. The van der Waals surface area contributed by atoms with E-state index in [2.05, 4.69) is 6.92 Å². The van der Waals surface area contributed by atoms with Gasteiger partial charge in [0.15, 0.2) is 0 Å². The Morgan fingerprint density at radius 3 is 2.65 bits per heavy atom. The summed E-state index contributed by atoms with van der Waals surface area (Å²) < 4.78 is 10.9. The molecule has 1 rings (SSSR count). The highest BCUT2D eigenvalue weighted by Crippen LogP contribution is 2.23. The van der Waals surface area contributed by atoms with Gasteiger partial charge in [0, 0.05) is 7.11 Å². The molecule has 0 bridgehead atoms. The number of benzene rings is 1. The van der Waals surface area contributed by atoms with Crippen molar-refractivity contribution in [2.75, 3.05) is 13.7 Å². The van der Waals surface area contributed by atoms with E-state index in [9.17, 15) is 0 Å². The lowest BCUT2D eigenvalue weighted by Crippen LogP contribution is -2.27. The molecule has 0 aromatic heterocycles. The SMILES string of the molecule is CCCC(OC)C(N)c1cccc(OCC)c1. The second kappa shape index (κ2) is 7.30. The van der Waals surface area contributed by atoms with Crippen LogP contribution < -0.4 is 10.5 Å². The normalized spacial score (nSPS) is 14.4. The first-order valence-corrected chi connectivity index (χ1v) is 6.24. The van der Waals surface area contributed by atoms with E-state index >= 15 is 0 Å². The largest absolute Gasteiger partial charge is 0.494 e. The summed E-state index contributed by atoms with van der Waals surface area (Å²) >= 11 is 0. The molecule has 2 N–H and O–H groups in total. The topological polar surface area (TPSA) is 44.5 Å². The third kappa shape index (κ3) is 4.02. The summed E-state index contributed by atoms with van der Waals surface area (Å²) in [7, 11) is 1.71. The van der Waals surface area contributed by atoms with Crippen LogP contribution in [0.25, 0.3) is 0 Å². The lowest BCUT2D eigenvalue weighted by molar-refractivity contribution is 0.0724. The van der Waals surface area contributed by atoms with Crippen molar-refractivity contribution < 1.29 is 9.47 Å². The van der Waals surface area contributed by atoms with Crippen LogP contribution in [-0.4, -0.2) is 19.8 Å². The van der Waals surface area contributed by atoms with Crippen LogP contribution in [0.1, 0.15) is 38.3 Å². The molecule has 2 atom stereocenters. The lowest BCUT2D eigenvalue weighted by Gasteiger charge is -2.22. The van der Waals surface area contributed by atoms with Crippen LogP contribution in [0.5, 0.6) is 5.75 Å². The van der Waals surface area contributed by atoms with Crippen molar-refractivity contribution >= 4 is 0 Å². The van der Waals surface area contributed by atoms with Gasteiger partial charge >= 0.3 is 0 Å². The molecule has 2 unspecified atom stereocenters. The fraction of sp³-hybridized carbons (Fsp3) is 0.571. The zero-order chi connectivity index (χ0) is 12.7. The monoisotopic (exact) mass is 237 g/mol. The second-order valence-corrected chi connectivity index (χ2v) is 4.09. The van der Waals surface area contributed by atoms with Gasteiger partial charge in [0.05, 0.1) is 18.8 Å². The molecule has 1 aromatic carbocycles. The maximum Gasteiger partial charge on any atom is 0.119 e. The fourth-order valence-electron chi connectivity index (χ4n) is 1.92.